The Bertz CT molecular complexity index is 707. The molecule has 1 N–H and O–H groups in total. The molecule has 0 atom stereocenters. The highest BCUT2D eigenvalue weighted by Gasteiger charge is 2.60. The van der Waals surface area contributed by atoms with E-state index in [-0.39, 0.29) is 12.5 Å². The zero-order chi connectivity index (χ0) is 17.5. The molecule has 0 fully saturated rings. The van der Waals surface area contributed by atoms with Gasteiger partial charge >= 0.3 is 18.1 Å². The highest BCUT2D eigenvalue weighted by Crippen LogP contribution is 2.47. The van der Waals surface area contributed by atoms with E-state index in [9.17, 15) is 35.2 Å². The number of alkyl halides is 5. The van der Waals surface area contributed by atoms with Crippen molar-refractivity contribution < 1.29 is 40.3 Å². The number of hydrogen-bond donors (Lipinski definition) is 1. The van der Waals surface area contributed by atoms with Gasteiger partial charge in [0.25, 0.3) is 0 Å². The number of aromatic carboxylic acids is 1. The number of halogens is 5. The van der Waals surface area contributed by atoms with Gasteiger partial charge in [0.05, 0.1) is 10.5 Å². The third-order valence-corrected chi connectivity index (χ3v) is 4.12. The number of carboxylic acids is 1. The number of benzene rings is 1. The summed E-state index contributed by atoms with van der Waals surface area (Å²) < 4.78 is 88.1. The molecule has 0 spiro atoms. The molecule has 0 aliphatic carbocycles. The van der Waals surface area contributed by atoms with Crippen LogP contribution in [-0.2, 0) is 22.2 Å². The maximum atomic E-state index is 13.6. The lowest BCUT2D eigenvalue weighted by Crippen LogP contribution is -2.35. The van der Waals surface area contributed by atoms with E-state index in [1.54, 1.807) is 0 Å². The Morgan fingerprint density at radius 1 is 1.18 bits per heavy atom. The minimum Gasteiger partial charge on any atom is -0.478 e. The summed E-state index contributed by atoms with van der Waals surface area (Å²) in [6.45, 7) is 1.26. The Balaban J connectivity index is 3.95. The fourth-order valence-corrected chi connectivity index (χ4v) is 3.30. The van der Waals surface area contributed by atoms with Crippen LogP contribution < -0.4 is 0 Å². The molecule has 0 radical (unpaired) electrons. The summed E-state index contributed by atoms with van der Waals surface area (Å²) in [6.07, 6.45) is -5.91. The van der Waals surface area contributed by atoms with Crippen molar-refractivity contribution in [3.05, 3.63) is 28.8 Å². The van der Waals surface area contributed by atoms with Crippen LogP contribution in [0.15, 0.2) is 17.0 Å². The predicted molar refractivity (Wildman–Crippen MR) is 65.8 cm³/mol. The van der Waals surface area contributed by atoms with Crippen molar-refractivity contribution >= 4 is 15.8 Å². The van der Waals surface area contributed by atoms with E-state index >= 15 is 0 Å². The van der Waals surface area contributed by atoms with E-state index in [0.717, 1.165) is 0 Å². The van der Waals surface area contributed by atoms with E-state index in [0.29, 0.717) is 12.3 Å². The van der Waals surface area contributed by atoms with Gasteiger partial charge in [-0.1, -0.05) is 13.0 Å². The number of carboxylic acid groups (broad SMARTS) is 1. The first-order chi connectivity index (χ1) is 9.75. The van der Waals surface area contributed by atoms with Crippen molar-refractivity contribution in [2.75, 3.05) is 6.26 Å². The largest absolute Gasteiger partial charge is 0.478 e. The Labute approximate surface area is 122 Å². The Kier molecular flexibility index (Phi) is 4.57. The van der Waals surface area contributed by atoms with Gasteiger partial charge < -0.3 is 5.11 Å². The molecule has 4 nitrogen and oxygen atoms in total. The van der Waals surface area contributed by atoms with Crippen molar-refractivity contribution in [2.45, 2.75) is 30.3 Å². The van der Waals surface area contributed by atoms with Gasteiger partial charge in [-0.25, -0.2) is 13.2 Å². The zero-order valence-electron chi connectivity index (χ0n) is 11.3. The summed E-state index contributed by atoms with van der Waals surface area (Å²) >= 11 is 0. The van der Waals surface area contributed by atoms with Crippen LogP contribution in [0.1, 0.15) is 28.4 Å². The second-order valence-electron chi connectivity index (χ2n) is 4.47. The molecule has 0 saturated heterocycles. The van der Waals surface area contributed by atoms with Crippen LogP contribution in [0.3, 0.4) is 0 Å². The SMILES string of the molecule is CCc1c(C(=O)O)ccc(C(F)(F)C(F)(F)F)c1S(C)(=O)=O. The third-order valence-electron chi connectivity index (χ3n) is 2.91. The van der Waals surface area contributed by atoms with Crippen LogP contribution in [-0.4, -0.2) is 31.9 Å². The van der Waals surface area contributed by atoms with Crippen molar-refractivity contribution in [1.82, 2.24) is 0 Å². The Morgan fingerprint density at radius 3 is 2.00 bits per heavy atom. The first-order valence-electron chi connectivity index (χ1n) is 5.79. The smallest absolute Gasteiger partial charge is 0.458 e. The van der Waals surface area contributed by atoms with Crippen LogP contribution >= 0.6 is 0 Å². The zero-order valence-corrected chi connectivity index (χ0v) is 12.1. The van der Waals surface area contributed by atoms with Gasteiger partial charge in [0.2, 0.25) is 0 Å². The summed E-state index contributed by atoms with van der Waals surface area (Å²) in [5, 5.41) is 8.94. The molecule has 1 aromatic rings. The second-order valence-corrected chi connectivity index (χ2v) is 6.42. The maximum Gasteiger partial charge on any atom is 0.458 e. The lowest BCUT2D eigenvalue weighted by molar-refractivity contribution is -0.290. The van der Waals surface area contributed by atoms with E-state index in [4.69, 9.17) is 5.11 Å². The summed E-state index contributed by atoms with van der Waals surface area (Å²) in [5.41, 5.74) is -2.99. The van der Waals surface area contributed by atoms with E-state index in [2.05, 4.69) is 0 Å². The molecule has 22 heavy (non-hydrogen) atoms. The predicted octanol–water partition coefficient (Wildman–Crippen LogP) is 3.00. The summed E-state index contributed by atoms with van der Waals surface area (Å²) in [4.78, 5) is 9.72. The molecule has 124 valence electrons. The van der Waals surface area contributed by atoms with Gasteiger partial charge in [-0.3, -0.25) is 0 Å². The lowest BCUT2D eigenvalue weighted by Gasteiger charge is -2.24. The van der Waals surface area contributed by atoms with Gasteiger partial charge in [-0.2, -0.15) is 22.0 Å². The van der Waals surface area contributed by atoms with Gasteiger partial charge in [-0.05, 0) is 18.1 Å². The fourth-order valence-electron chi connectivity index (χ4n) is 2.00. The molecule has 0 amide bonds. The normalized spacial score (nSPS) is 13.2. The maximum absolute atomic E-state index is 13.6. The minimum atomic E-state index is -6.01. The summed E-state index contributed by atoms with van der Waals surface area (Å²) in [5.74, 6) is -7.05. The molecule has 0 aromatic heterocycles. The van der Waals surface area contributed by atoms with Gasteiger partial charge in [0.15, 0.2) is 9.84 Å². The second kappa shape index (κ2) is 5.49. The Hall–Kier alpha value is -1.71. The van der Waals surface area contributed by atoms with Crippen LogP contribution in [0, 0.1) is 0 Å². The molecule has 0 bridgehead atoms. The lowest BCUT2D eigenvalue weighted by atomic mass is 9.98. The van der Waals surface area contributed by atoms with E-state index in [1.807, 2.05) is 0 Å². The quantitative estimate of drug-likeness (QED) is 0.851. The van der Waals surface area contributed by atoms with Crippen molar-refractivity contribution in [3.63, 3.8) is 0 Å². The fraction of sp³-hybridized carbons (Fsp3) is 0.417. The van der Waals surface area contributed by atoms with Gasteiger partial charge in [-0.15, -0.1) is 0 Å². The monoisotopic (exact) mass is 346 g/mol. The molecular weight excluding hydrogens is 335 g/mol. The molecule has 0 saturated carbocycles. The first kappa shape index (κ1) is 18.3. The van der Waals surface area contributed by atoms with E-state index in [1.165, 1.54) is 6.92 Å². The number of sulfone groups is 1. The van der Waals surface area contributed by atoms with Crippen LogP contribution in [0.5, 0.6) is 0 Å². The van der Waals surface area contributed by atoms with Crippen molar-refractivity contribution in [1.29, 1.82) is 0 Å². The van der Waals surface area contributed by atoms with Gasteiger partial charge in [0, 0.05) is 11.8 Å². The number of rotatable bonds is 4. The molecule has 0 aliphatic rings. The molecular formula is C12H11F5O4S. The molecule has 1 aromatic carbocycles. The summed E-state index contributed by atoms with van der Waals surface area (Å²) in [7, 11) is -4.52. The molecule has 1 rings (SSSR count). The Morgan fingerprint density at radius 2 is 1.68 bits per heavy atom. The van der Waals surface area contributed by atoms with Crippen molar-refractivity contribution in [3.8, 4) is 0 Å². The first-order valence-corrected chi connectivity index (χ1v) is 7.68. The van der Waals surface area contributed by atoms with Crippen molar-refractivity contribution in [2.24, 2.45) is 0 Å². The van der Waals surface area contributed by atoms with Crippen LogP contribution in [0.4, 0.5) is 22.0 Å². The number of carbonyl (C=O) groups is 1. The third kappa shape index (κ3) is 3.06. The molecule has 0 aliphatic heterocycles. The molecule has 0 unspecified atom stereocenters. The van der Waals surface area contributed by atoms with Gasteiger partial charge in [0.1, 0.15) is 0 Å². The highest BCUT2D eigenvalue weighted by molar-refractivity contribution is 7.90. The average Bonchev–Trinajstić information content (AvgIpc) is 2.34. The number of hydrogen-bond acceptors (Lipinski definition) is 3. The standard InChI is InChI=1S/C12H11F5O4S/c1-3-6-7(10(18)19)4-5-8(9(6)22(2,20)21)11(13,14)12(15,16)17/h4-5H,3H2,1-2H3,(H,18,19). The minimum absolute atomic E-state index is 0.187. The topological polar surface area (TPSA) is 71.4 Å². The summed E-state index contributed by atoms with van der Waals surface area (Å²) in [6, 6.07) is 0.733. The van der Waals surface area contributed by atoms with E-state index < -0.39 is 49.5 Å². The van der Waals surface area contributed by atoms with Crippen LogP contribution in [0.2, 0.25) is 0 Å². The molecule has 10 heteroatoms. The van der Waals surface area contributed by atoms with Crippen LogP contribution in [0.25, 0.3) is 0 Å². The highest BCUT2D eigenvalue weighted by atomic mass is 32.2. The average molecular weight is 346 g/mol. The molecule has 0 heterocycles.